The Morgan fingerprint density at radius 1 is 1.35 bits per heavy atom. The molecule has 0 heterocycles. The second-order valence-electron chi connectivity index (χ2n) is 4.89. The Morgan fingerprint density at radius 2 is 2.00 bits per heavy atom. The molecule has 2 amide bonds. The Bertz CT molecular complexity index is 503. The van der Waals surface area contributed by atoms with Crippen molar-refractivity contribution in [3.8, 4) is 5.75 Å². The van der Waals surface area contributed by atoms with E-state index in [0.29, 0.717) is 10.9 Å². The van der Waals surface area contributed by atoms with Crippen molar-refractivity contribution >= 4 is 23.4 Å². The van der Waals surface area contributed by atoms with Crippen LogP contribution in [0.3, 0.4) is 0 Å². The molecule has 0 spiro atoms. The van der Waals surface area contributed by atoms with E-state index in [1.807, 2.05) is 20.8 Å². The largest absolute Gasteiger partial charge is 0.483 e. The number of amides is 2. The highest BCUT2D eigenvalue weighted by atomic mass is 35.5. The Morgan fingerprint density at radius 3 is 2.55 bits per heavy atom. The van der Waals surface area contributed by atoms with Crippen molar-refractivity contribution in [3.63, 3.8) is 0 Å². The van der Waals surface area contributed by atoms with Crippen LogP contribution in [0.2, 0.25) is 5.02 Å². The predicted molar refractivity (Wildman–Crippen MR) is 77.9 cm³/mol. The van der Waals surface area contributed by atoms with Gasteiger partial charge in [0, 0.05) is 11.1 Å². The summed E-state index contributed by atoms with van der Waals surface area (Å²) in [7, 11) is 0. The van der Waals surface area contributed by atoms with Gasteiger partial charge < -0.3 is 15.8 Å². The van der Waals surface area contributed by atoms with Crippen molar-refractivity contribution in [2.45, 2.75) is 26.8 Å². The molecule has 0 fully saturated rings. The van der Waals surface area contributed by atoms with Crippen LogP contribution in [0.5, 0.6) is 5.75 Å². The summed E-state index contributed by atoms with van der Waals surface area (Å²) >= 11 is 5.78. The first-order valence-electron chi connectivity index (χ1n) is 6.32. The normalized spacial score (nSPS) is 12.1. The summed E-state index contributed by atoms with van der Waals surface area (Å²) in [6.45, 7) is 5.76. The van der Waals surface area contributed by atoms with Crippen molar-refractivity contribution in [2.75, 3.05) is 6.61 Å². The second-order valence-corrected chi connectivity index (χ2v) is 5.33. The van der Waals surface area contributed by atoms with Gasteiger partial charge in [0.2, 0.25) is 0 Å². The van der Waals surface area contributed by atoms with Gasteiger partial charge in [-0.1, -0.05) is 25.4 Å². The summed E-state index contributed by atoms with van der Waals surface area (Å²) < 4.78 is 5.32. The van der Waals surface area contributed by atoms with Gasteiger partial charge in [-0.05, 0) is 31.0 Å². The Balaban J connectivity index is 2.66. The third kappa shape index (κ3) is 4.74. The number of primary amides is 1. The quantitative estimate of drug-likeness (QED) is 0.842. The zero-order chi connectivity index (χ0) is 15.3. The predicted octanol–water partition coefficient (Wildman–Crippen LogP) is 1.98. The summed E-state index contributed by atoms with van der Waals surface area (Å²) in [5.74, 6) is -0.333. The van der Waals surface area contributed by atoms with E-state index in [9.17, 15) is 9.59 Å². The fourth-order valence-corrected chi connectivity index (χ4v) is 1.60. The number of halogens is 1. The zero-order valence-electron chi connectivity index (χ0n) is 11.8. The van der Waals surface area contributed by atoms with Crippen molar-refractivity contribution in [3.05, 3.63) is 28.8 Å². The first-order valence-corrected chi connectivity index (χ1v) is 6.70. The molecule has 0 aliphatic rings. The van der Waals surface area contributed by atoms with Crippen molar-refractivity contribution in [1.82, 2.24) is 5.32 Å². The molecule has 6 heteroatoms. The highest BCUT2D eigenvalue weighted by molar-refractivity contribution is 6.31. The molecule has 0 aromatic heterocycles. The van der Waals surface area contributed by atoms with Crippen molar-refractivity contribution < 1.29 is 14.3 Å². The van der Waals surface area contributed by atoms with Crippen LogP contribution in [0.15, 0.2) is 18.2 Å². The van der Waals surface area contributed by atoms with E-state index in [2.05, 4.69) is 5.32 Å². The molecule has 0 saturated heterocycles. The van der Waals surface area contributed by atoms with Crippen LogP contribution in [-0.4, -0.2) is 24.5 Å². The van der Waals surface area contributed by atoms with Gasteiger partial charge in [-0.25, -0.2) is 0 Å². The minimum Gasteiger partial charge on any atom is -0.483 e. The Kier molecular flexibility index (Phi) is 5.82. The molecule has 110 valence electrons. The molecule has 1 rings (SSSR count). The van der Waals surface area contributed by atoms with Gasteiger partial charge in [0.05, 0.1) is 5.56 Å². The number of carbonyl (C=O) groups is 2. The second kappa shape index (κ2) is 7.14. The van der Waals surface area contributed by atoms with E-state index in [0.717, 1.165) is 0 Å². The maximum Gasteiger partial charge on any atom is 0.258 e. The van der Waals surface area contributed by atoms with Crippen molar-refractivity contribution in [1.29, 1.82) is 0 Å². The molecule has 0 saturated carbocycles. The molecule has 20 heavy (non-hydrogen) atoms. The van der Waals surface area contributed by atoms with E-state index >= 15 is 0 Å². The maximum atomic E-state index is 11.7. The molecule has 0 bridgehead atoms. The number of carbonyl (C=O) groups excluding carboxylic acids is 2. The summed E-state index contributed by atoms with van der Waals surface area (Å²) in [4.78, 5) is 23.0. The number of benzene rings is 1. The van der Waals surface area contributed by atoms with E-state index in [1.54, 1.807) is 6.07 Å². The first kappa shape index (κ1) is 16.3. The lowest BCUT2D eigenvalue weighted by molar-refractivity contribution is -0.124. The van der Waals surface area contributed by atoms with Gasteiger partial charge in [0.1, 0.15) is 5.75 Å². The standard InChI is InChI=1S/C14H19ClN2O3/c1-8(2)9(3)17-13(18)7-20-12-5-4-10(15)6-11(12)14(16)19/h4-6,8-9H,7H2,1-3H3,(H2,16,19)(H,17,18)/t9-/m1/s1. The number of ether oxygens (including phenoxy) is 1. The van der Waals surface area contributed by atoms with Crippen molar-refractivity contribution in [2.24, 2.45) is 11.7 Å². The van der Waals surface area contributed by atoms with Crippen LogP contribution in [0, 0.1) is 5.92 Å². The van der Waals surface area contributed by atoms with Crippen LogP contribution in [0.25, 0.3) is 0 Å². The van der Waals surface area contributed by atoms with E-state index in [1.165, 1.54) is 12.1 Å². The number of hydrogen-bond donors (Lipinski definition) is 2. The number of nitrogens with two attached hydrogens (primary N) is 1. The molecule has 5 nitrogen and oxygen atoms in total. The molecule has 0 radical (unpaired) electrons. The smallest absolute Gasteiger partial charge is 0.258 e. The Hall–Kier alpha value is -1.75. The zero-order valence-corrected chi connectivity index (χ0v) is 12.5. The van der Waals surface area contributed by atoms with E-state index in [-0.39, 0.29) is 29.9 Å². The third-order valence-electron chi connectivity index (χ3n) is 2.95. The fraction of sp³-hybridized carbons (Fsp3) is 0.429. The minimum absolute atomic E-state index is 0.0481. The number of nitrogens with one attached hydrogen (secondary N) is 1. The lowest BCUT2D eigenvalue weighted by Crippen LogP contribution is -2.39. The van der Waals surface area contributed by atoms with Gasteiger partial charge in [0.15, 0.2) is 6.61 Å². The summed E-state index contributed by atoms with van der Waals surface area (Å²) in [6, 6.07) is 4.54. The van der Waals surface area contributed by atoms with Gasteiger partial charge in [-0.3, -0.25) is 9.59 Å². The molecule has 0 aliphatic heterocycles. The topological polar surface area (TPSA) is 81.4 Å². The summed E-state index contributed by atoms with van der Waals surface area (Å²) in [5, 5.41) is 3.18. The highest BCUT2D eigenvalue weighted by Gasteiger charge is 2.14. The molecule has 1 aromatic carbocycles. The lowest BCUT2D eigenvalue weighted by atomic mass is 10.1. The van der Waals surface area contributed by atoms with Crippen LogP contribution >= 0.6 is 11.6 Å². The van der Waals surface area contributed by atoms with Crippen LogP contribution in [-0.2, 0) is 4.79 Å². The van der Waals surface area contributed by atoms with Crippen LogP contribution in [0.4, 0.5) is 0 Å². The first-order chi connectivity index (χ1) is 9.31. The minimum atomic E-state index is -0.654. The van der Waals surface area contributed by atoms with Gasteiger partial charge in [-0.2, -0.15) is 0 Å². The summed E-state index contributed by atoms with van der Waals surface area (Å²) in [5.41, 5.74) is 5.39. The average Bonchev–Trinajstić information content (AvgIpc) is 2.36. The molecule has 1 aromatic rings. The average molecular weight is 299 g/mol. The lowest BCUT2D eigenvalue weighted by Gasteiger charge is -2.17. The maximum absolute atomic E-state index is 11.7. The highest BCUT2D eigenvalue weighted by Crippen LogP contribution is 2.22. The molecule has 0 aliphatic carbocycles. The fourth-order valence-electron chi connectivity index (χ4n) is 1.43. The van der Waals surface area contributed by atoms with Gasteiger partial charge in [-0.15, -0.1) is 0 Å². The van der Waals surface area contributed by atoms with E-state index < -0.39 is 5.91 Å². The van der Waals surface area contributed by atoms with E-state index in [4.69, 9.17) is 22.1 Å². The number of rotatable bonds is 6. The van der Waals surface area contributed by atoms with Crippen LogP contribution < -0.4 is 15.8 Å². The number of hydrogen-bond acceptors (Lipinski definition) is 3. The monoisotopic (exact) mass is 298 g/mol. The molecule has 0 unspecified atom stereocenters. The molecule has 1 atom stereocenters. The van der Waals surface area contributed by atoms with Gasteiger partial charge in [0.25, 0.3) is 11.8 Å². The molecular weight excluding hydrogens is 280 g/mol. The third-order valence-corrected chi connectivity index (χ3v) is 3.19. The summed E-state index contributed by atoms with van der Waals surface area (Å²) in [6.07, 6.45) is 0. The SMILES string of the molecule is CC(C)[C@@H](C)NC(=O)COc1ccc(Cl)cc1C(N)=O. The van der Waals surface area contributed by atoms with Gasteiger partial charge >= 0.3 is 0 Å². The Labute approximate surface area is 123 Å². The van der Waals surface area contributed by atoms with Crippen LogP contribution in [0.1, 0.15) is 31.1 Å². The molecule has 3 N–H and O–H groups in total. The molecular formula is C14H19ClN2O3.